The fraction of sp³-hybridized carbons (Fsp3) is 0.250. The molecule has 0 radical (unpaired) electrons. The van der Waals surface area contributed by atoms with E-state index in [1.807, 2.05) is 36.4 Å². The zero-order chi connectivity index (χ0) is 19.7. The topological polar surface area (TPSA) is 96.6 Å². The number of imidazole rings is 1. The number of ether oxygens (including phenoxy) is 2. The Kier molecular flexibility index (Phi) is 4.60. The number of aromatic nitrogens is 2. The van der Waals surface area contributed by atoms with Crippen LogP contribution in [0.2, 0.25) is 0 Å². The van der Waals surface area contributed by atoms with Gasteiger partial charge >= 0.3 is 6.09 Å². The molecular formula is C20H20N4O4. The molecule has 0 saturated carbocycles. The summed E-state index contributed by atoms with van der Waals surface area (Å²) in [5.41, 5.74) is 4.49. The third-order valence-corrected chi connectivity index (χ3v) is 4.71. The first kappa shape index (κ1) is 17.8. The zero-order valence-corrected chi connectivity index (χ0v) is 15.6. The average Bonchev–Trinajstić information content (AvgIpc) is 2.95. The Hall–Kier alpha value is -3.55. The van der Waals surface area contributed by atoms with Gasteiger partial charge in [-0.1, -0.05) is 12.1 Å². The number of benzene rings is 2. The predicted octanol–water partition coefficient (Wildman–Crippen LogP) is 3.15. The van der Waals surface area contributed by atoms with Crippen LogP contribution in [0, 0.1) is 0 Å². The number of H-pyrrole nitrogens is 1. The van der Waals surface area contributed by atoms with Gasteiger partial charge < -0.3 is 19.4 Å². The summed E-state index contributed by atoms with van der Waals surface area (Å²) in [5, 5.41) is 2.52. The van der Waals surface area contributed by atoms with Gasteiger partial charge in [0.15, 0.2) is 0 Å². The molecule has 0 atom stereocenters. The summed E-state index contributed by atoms with van der Waals surface area (Å²) in [6.45, 7) is 3.16. The summed E-state index contributed by atoms with van der Waals surface area (Å²) < 4.78 is 10.4. The summed E-state index contributed by atoms with van der Waals surface area (Å²) in [6.07, 6.45) is -0.583. The number of fused-ring (bicyclic) bond motifs is 2. The number of rotatable bonds is 2. The third-order valence-electron chi connectivity index (χ3n) is 4.71. The van der Waals surface area contributed by atoms with Crippen LogP contribution in [0.1, 0.15) is 12.5 Å². The predicted molar refractivity (Wildman–Crippen MR) is 104 cm³/mol. The number of anilines is 1. The molecule has 8 nitrogen and oxygen atoms in total. The normalized spacial score (nSPS) is 13.4. The highest BCUT2D eigenvalue weighted by Crippen LogP contribution is 2.31. The van der Waals surface area contributed by atoms with Gasteiger partial charge in [0.1, 0.15) is 12.4 Å². The first-order chi connectivity index (χ1) is 13.5. The highest BCUT2D eigenvalue weighted by molar-refractivity contribution is 5.88. The molecule has 0 spiro atoms. The molecule has 2 N–H and O–H groups in total. The number of hydrogen-bond acceptors (Lipinski definition) is 5. The van der Waals surface area contributed by atoms with Crippen LogP contribution < -0.4 is 10.1 Å². The molecule has 0 unspecified atom stereocenters. The minimum absolute atomic E-state index is 0.0337. The molecule has 0 saturated heterocycles. The second-order valence-electron chi connectivity index (χ2n) is 6.55. The van der Waals surface area contributed by atoms with Gasteiger partial charge in [0, 0.05) is 19.0 Å². The summed E-state index contributed by atoms with van der Waals surface area (Å²) in [4.78, 5) is 32.3. The molecule has 0 bridgehead atoms. The zero-order valence-electron chi connectivity index (χ0n) is 15.6. The van der Waals surface area contributed by atoms with E-state index in [1.165, 1.54) is 7.11 Å². The highest BCUT2D eigenvalue weighted by atomic mass is 16.5. The van der Waals surface area contributed by atoms with Crippen molar-refractivity contribution in [3.63, 3.8) is 0 Å². The van der Waals surface area contributed by atoms with Crippen LogP contribution in [0.25, 0.3) is 22.2 Å². The second-order valence-corrected chi connectivity index (χ2v) is 6.55. The maximum absolute atomic E-state index is 11.8. The van der Waals surface area contributed by atoms with E-state index in [1.54, 1.807) is 11.8 Å². The van der Waals surface area contributed by atoms with E-state index in [0.717, 1.165) is 33.5 Å². The molecule has 2 aromatic carbocycles. The number of nitrogens with zero attached hydrogens (tertiary/aromatic N) is 2. The number of aromatic amines is 1. The molecule has 0 aliphatic carbocycles. The van der Waals surface area contributed by atoms with Crippen LogP contribution in [0.4, 0.5) is 10.7 Å². The molecule has 1 aliphatic heterocycles. The number of carbonyl (C=O) groups excluding carboxylic acids is 2. The Morgan fingerprint density at radius 3 is 2.79 bits per heavy atom. The Balaban J connectivity index is 1.66. The molecule has 3 aromatic rings. The fourth-order valence-electron chi connectivity index (χ4n) is 3.24. The lowest BCUT2D eigenvalue weighted by atomic mass is 10.0. The lowest BCUT2D eigenvalue weighted by Crippen LogP contribution is -2.30. The molecule has 2 heterocycles. The number of methoxy groups -OCH3 is 1. The lowest BCUT2D eigenvalue weighted by Gasteiger charge is -2.17. The third kappa shape index (κ3) is 3.48. The van der Waals surface area contributed by atoms with Gasteiger partial charge in [0.2, 0.25) is 11.9 Å². The van der Waals surface area contributed by atoms with Gasteiger partial charge in [-0.2, -0.15) is 0 Å². The van der Waals surface area contributed by atoms with E-state index < -0.39 is 6.09 Å². The van der Waals surface area contributed by atoms with Crippen LogP contribution in [0.5, 0.6) is 5.75 Å². The Bertz CT molecular complexity index is 1060. The van der Waals surface area contributed by atoms with Crippen molar-refractivity contribution in [2.45, 2.75) is 13.5 Å². The van der Waals surface area contributed by atoms with Crippen molar-refractivity contribution in [2.24, 2.45) is 0 Å². The average molecular weight is 380 g/mol. The maximum atomic E-state index is 11.8. The van der Waals surface area contributed by atoms with Gasteiger partial charge in [-0.05, 0) is 35.4 Å². The van der Waals surface area contributed by atoms with E-state index in [2.05, 4.69) is 20.0 Å². The molecule has 28 heavy (non-hydrogen) atoms. The quantitative estimate of drug-likeness (QED) is 0.712. The molecule has 0 fully saturated rings. The van der Waals surface area contributed by atoms with E-state index in [-0.39, 0.29) is 5.91 Å². The van der Waals surface area contributed by atoms with Crippen LogP contribution >= 0.6 is 0 Å². The van der Waals surface area contributed by atoms with Gasteiger partial charge in [-0.3, -0.25) is 10.1 Å². The van der Waals surface area contributed by atoms with Gasteiger partial charge in [-0.15, -0.1) is 0 Å². The van der Waals surface area contributed by atoms with Crippen molar-refractivity contribution in [1.29, 1.82) is 0 Å². The van der Waals surface area contributed by atoms with Gasteiger partial charge in [0.25, 0.3) is 0 Å². The van der Waals surface area contributed by atoms with Crippen molar-refractivity contribution in [3.05, 3.63) is 42.0 Å². The molecule has 2 amide bonds. The van der Waals surface area contributed by atoms with E-state index in [4.69, 9.17) is 4.74 Å². The van der Waals surface area contributed by atoms with Crippen molar-refractivity contribution < 1.29 is 19.1 Å². The largest absolute Gasteiger partial charge is 0.491 e. The summed E-state index contributed by atoms with van der Waals surface area (Å²) in [5.74, 6) is 1.16. The molecule has 1 aliphatic rings. The molecule has 144 valence electrons. The van der Waals surface area contributed by atoms with Crippen molar-refractivity contribution in [3.8, 4) is 16.9 Å². The second kappa shape index (κ2) is 7.22. The van der Waals surface area contributed by atoms with Gasteiger partial charge in [0.05, 0.1) is 24.7 Å². The first-order valence-corrected chi connectivity index (χ1v) is 8.90. The molecular weight excluding hydrogens is 360 g/mol. The minimum Gasteiger partial charge on any atom is -0.491 e. The number of hydrogen-bond donors (Lipinski definition) is 2. The Labute approximate surface area is 161 Å². The van der Waals surface area contributed by atoms with Crippen molar-refractivity contribution >= 4 is 29.0 Å². The SMILES string of the molecule is COC(=O)Nc1nc2ccc(-c3ccc4c(c3)CN(C(C)=O)CCO4)cc2[nH]1. The smallest absolute Gasteiger partial charge is 0.413 e. The van der Waals surface area contributed by atoms with Crippen LogP contribution in [-0.4, -0.2) is 47.1 Å². The first-order valence-electron chi connectivity index (χ1n) is 8.90. The summed E-state index contributed by atoms with van der Waals surface area (Å²) in [6, 6.07) is 11.8. The van der Waals surface area contributed by atoms with Gasteiger partial charge in [-0.25, -0.2) is 9.78 Å². The van der Waals surface area contributed by atoms with E-state index in [0.29, 0.717) is 25.6 Å². The molecule has 8 heteroatoms. The van der Waals surface area contributed by atoms with Crippen molar-refractivity contribution in [1.82, 2.24) is 14.9 Å². The van der Waals surface area contributed by atoms with E-state index in [9.17, 15) is 9.59 Å². The summed E-state index contributed by atoms with van der Waals surface area (Å²) in [7, 11) is 1.30. The number of carbonyl (C=O) groups is 2. The van der Waals surface area contributed by atoms with Crippen molar-refractivity contribution in [2.75, 3.05) is 25.6 Å². The number of nitrogens with one attached hydrogen (secondary N) is 2. The number of amides is 2. The maximum Gasteiger partial charge on any atom is 0.413 e. The molecule has 4 rings (SSSR count). The van der Waals surface area contributed by atoms with Crippen LogP contribution in [0.3, 0.4) is 0 Å². The minimum atomic E-state index is -0.583. The van der Waals surface area contributed by atoms with Crippen LogP contribution in [0.15, 0.2) is 36.4 Å². The Morgan fingerprint density at radius 2 is 2.00 bits per heavy atom. The van der Waals surface area contributed by atoms with Crippen LogP contribution in [-0.2, 0) is 16.1 Å². The lowest BCUT2D eigenvalue weighted by molar-refractivity contribution is -0.129. The standard InChI is InChI=1S/C20H20N4O4/c1-12(25)24-7-8-28-18-6-4-13(9-15(18)11-24)14-3-5-16-17(10-14)22-19(21-16)23-20(26)27-2/h3-6,9-10H,7-8,11H2,1-2H3,(H2,21,22,23,26). The van der Waals surface area contributed by atoms with E-state index >= 15 is 0 Å². The summed E-state index contributed by atoms with van der Waals surface area (Å²) >= 11 is 0. The Morgan fingerprint density at radius 1 is 1.21 bits per heavy atom. The fourth-order valence-corrected chi connectivity index (χ4v) is 3.24. The highest BCUT2D eigenvalue weighted by Gasteiger charge is 2.18. The molecule has 1 aromatic heterocycles. The monoisotopic (exact) mass is 380 g/mol.